The number of amides is 1. The number of rotatable bonds is 5. The molecule has 1 aromatic carbocycles. The minimum atomic E-state index is -0.501. The lowest BCUT2D eigenvalue weighted by molar-refractivity contribution is -0.122. The fraction of sp³-hybridized carbons (Fsp3) is 0.350. The highest BCUT2D eigenvalue weighted by Gasteiger charge is 2.19. The summed E-state index contributed by atoms with van der Waals surface area (Å²) in [6.07, 6.45) is 0.802. The lowest BCUT2D eigenvalue weighted by Gasteiger charge is -2.16. The monoisotopic (exact) mass is 385 g/mol. The van der Waals surface area contributed by atoms with Crippen molar-refractivity contribution in [3.8, 4) is 5.69 Å². The molecule has 2 heterocycles. The lowest BCUT2D eigenvalue weighted by atomic mass is 10.1. The Kier molecular flexibility index (Phi) is 5.32. The van der Waals surface area contributed by atoms with Crippen molar-refractivity contribution in [1.29, 1.82) is 0 Å². The van der Waals surface area contributed by atoms with Gasteiger partial charge in [-0.1, -0.05) is 19.1 Å². The molecule has 2 aromatic heterocycles. The van der Waals surface area contributed by atoms with Crippen molar-refractivity contribution in [3.63, 3.8) is 0 Å². The highest BCUT2D eigenvalue weighted by molar-refractivity contribution is 7.17. The van der Waals surface area contributed by atoms with Crippen LogP contribution in [0, 0.1) is 13.8 Å². The van der Waals surface area contributed by atoms with Crippen LogP contribution in [0.4, 0.5) is 0 Å². The fourth-order valence-electron chi connectivity index (χ4n) is 2.98. The van der Waals surface area contributed by atoms with Crippen molar-refractivity contribution in [2.24, 2.45) is 0 Å². The summed E-state index contributed by atoms with van der Waals surface area (Å²) < 4.78 is 3.02. The van der Waals surface area contributed by atoms with Gasteiger partial charge in [0.05, 0.1) is 11.2 Å². The van der Waals surface area contributed by atoms with Gasteiger partial charge in [0.25, 0.3) is 5.56 Å². The number of nitrogens with zero attached hydrogens (tertiary/aromatic N) is 2. The second-order valence-electron chi connectivity index (χ2n) is 6.81. The van der Waals surface area contributed by atoms with Gasteiger partial charge in [0.15, 0.2) is 0 Å². The molecular formula is C20H23N3O3S. The largest absolute Gasteiger partial charge is 0.352 e. The highest BCUT2D eigenvalue weighted by atomic mass is 32.1. The van der Waals surface area contributed by atoms with Crippen LogP contribution < -0.4 is 16.6 Å². The Morgan fingerprint density at radius 2 is 1.96 bits per heavy atom. The molecule has 6 nitrogen and oxygen atoms in total. The number of nitrogens with one attached hydrogen (secondary N) is 1. The smallest absolute Gasteiger partial charge is 0.336 e. The summed E-state index contributed by atoms with van der Waals surface area (Å²) in [7, 11) is 0. The van der Waals surface area contributed by atoms with E-state index in [9.17, 15) is 14.4 Å². The zero-order valence-corrected chi connectivity index (χ0v) is 16.7. The maximum absolute atomic E-state index is 13.2. The van der Waals surface area contributed by atoms with Crippen LogP contribution in [-0.2, 0) is 11.3 Å². The van der Waals surface area contributed by atoms with Gasteiger partial charge in [0.2, 0.25) is 5.91 Å². The van der Waals surface area contributed by atoms with Crippen molar-refractivity contribution in [2.45, 2.75) is 46.7 Å². The van der Waals surface area contributed by atoms with Crippen LogP contribution in [0.3, 0.4) is 0 Å². The van der Waals surface area contributed by atoms with Crippen LogP contribution in [0.2, 0.25) is 0 Å². The maximum Gasteiger partial charge on any atom is 0.336 e. The standard InChI is InChI=1S/C20H23N3O3S/c1-5-14(4)21-17(24)11-22-15-8-9-27-18(15)19(25)23(20(22)26)16-10-12(2)6-7-13(16)3/h6-10,14H,5,11H2,1-4H3,(H,21,24)/t14-/m0/s1. The third-order valence-corrected chi connectivity index (χ3v) is 5.57. The predicted octanol–water partition coefficient (Wildman–Crippen LogP) is 2.75. The van der Waals surface area contributed by atoms with Crippen LogP contribution in [0.25, 0.3) is 15.9 Å². The molecule has 7 heteroatoms. The molecule has 0 aliphatic heterocycles. The van der Waals surface area contributed by atoms with Crippen LogP contribution in [0.15, 0.2) is 39.2 Å². The van der Waals surface area contributed by atoms with Gasteiger partial charge >= 0.3 is 5.69 Å². The van der Waals surface area contributed by atoms with E-state index in [2.05, 4.69) is 5.32 Å². The lowest BCUT2D eigenvalue weighted by Crippen LogP contribution is -2.43. The highest BCUT2D eigenvalue weighted by Crippen LogP contribution is 2.18. The summed E-state index contributed by atoms with van der Waals surface area (Å²) in [6.45, 7) is 7.54. The van der Waals surface area contributed by atoms with Gasteiger partial charge in [0, 0.05) is 6.04 Å². The van der Waals surface area contributed by atoms with Crippen molar-refractivity contribution >= 4 is 27.5 Å². The number of carbonyl (C=O) groups excluding carboxylic acids is 1. The molecule has 1 N–H and O–H groups in total. The van der Waals surface area contributed by atoms with E-state index in [4.69, 9.17) is 0 Å². The molecule has 27 heavy (non-hydrogen) atoms. The van der Waals surface area contributed by atoms with Crippen molar-refractivity contribution in [1.82, 2.24) is 14.5 Å². The average Bonchev–Trinajstić information content (AvgIpc) is 3.11. The Labute approximate surface area is 161 Å². The first kappa shape index (κ1) is 19.1. The van der Waals surface area contributed by atoms with E-state index < -0.39 is 5.69 Å². The second kappa shape index (κ2) is 7.52. The normalized spacial score (nSPS) is 12.3. The number of benzene rings is 1. The van der Waals surface area contributed by atoms with Gasteiger partial charge in [-0.3, -0.25) is 14.2 Å². The molecule has 0 spiro atoms. The predicted molar refractivity (Wildman–Crippen MR) is 109 cm³/mol. The first-order chi connectivity index (χ1) is 12.8. The molecule has 1 atom stereocenters. The van der Waals surface area contributed by atoms with E-state index in [-0.39, 0.29) is 24.1 Å². The van der Waals surface area contributed by atoms with Crippen LogP contribution in [-0.4, -0.2) is 21.1 Å². The molecule has 0 saturated heterocycles. The Morgan fingerprint density at radius 3 is 2.67 bits per heavy atom. The van der Waals surface area contributed by atoms with Crippen LogP contribution in [0.5, 0.6) is 0 Å². The number of carbonyl (C=O) groups is 1. The van der Waals surface area contributed by atoms with E-state index >= 15 is 0 Å². The van der Waals surface area contributed by atoms with E-state index in [1.807, 2.05) is 45.9 Å². The fourth-order valence-corrected chi connectivity index (χ4v) is 3.80. The van der Waals surface area contributed by atoms with Gasteiger partial charge in [0.1, 0.15) is 11.2 Å². The SMILES string of the molecule is CC[C@H](C)NC(=O)Cn1c(=O)n(-c2cc(C)ccc2C)c(=O)c2sccc21. The molecule has 0 bridgehead atoms. The second-order valence-corrected chi connectivity index (χ2v) is 7.73. The zero-order chi connectivity index (χ0) is 19.7. The maximum atomic E-state index is 13.2. The topological polar surface area (TPSA) is 73.1 Å². The minimum Gasteiger partial charge on any atom is -0.352 e. The zero-order valence-electron chi connectivity index (χ0n) is 15.9. The van der Waals surface area contributed by atoms with E-state index in [1.165, 1.54) is 20.5 Å². The van der Waals surface area contributed by atoms with Gasteiger partial charge < -0.3 is 5.32 Å². The van der Waals surface area contributed by atoms with Crippen molar-refractivity contribution < 1.29 is 4.79 Å². The number of thiophene rings is 1. The third kappa shape index (κ3) is 3.60. The van der Waals surface area contributed by atoms with Gasteiger partial charge in [-0.15, -0.1) is 11.3 Å². The van der Waals surface area contributed by atoms with Gasteiger partial charge in [-0.25, -0.2) is 9.36 Å². The molecular weight excluding hydrogens is 362 g/mol. The molecule has 0 radical (unpaired) electrons. The number of aryl methyl sites for hydroxylation is 2. The first-order valence-electron chi connectivity index (χ1n) is 8.93. The van der Waals surface area contributed by atoms with Gasteiger partial charge in [-0.05, 0) is 55.8 Å². The quantitative estimate of drug-likeness (QED) is 0.734. The minimum absolute atomic E-state index is 0.0242. The van der Waals surface area contributed by atoms with Gasteiger partial charge in [-0.2, -0.15) is 0 Å². The molecule has 142 valence electrons. The summed E-state index contributed by atoms with van der Waals surface area (Å²) in [5, 5.41) is 4.64. The molecule has 3 rings (SSSR count). The summed E-state index contributed by atoms with van der Waals surface area (Å²) in [5.74, 6) is -0.245. The summed E-state index contributed by atoms with van der Waals surface area (Å²) >= 11 is 1.28. The molecule has 3 aromatic rings. The molecule has 0 saturated carbocycles. The third-order valence-electron chi connectivity index (χ3n) is 4.68. The Balaban J connectivity index is 2.22. The van der Waals surface area contributed by atoms with E-state index in [1.54, 1.807) is 11.4 Å². The molecule has 0 fully saturated rings. The molecule has 0 unspecified atom stereocenters. The first-order valence-corrected chi connectivity index (χ1v) is 9.81. The number of hydrogen-bond donors (Lipinski definition) is 1. The van der Waals surface area contributed by atoms with E-state index in [0.29, 0.717) is 15.9 Å². The molecule has 0 aliphatic rings. The van der Waals surface area contributed by atoms with Crippen molar-refractivity contribution in [2.75, 3.05) is 0 Å². The summed E-state index contributed by atoms with van der Waals surface area (Å²) in [6, 6.07) is 7.38. The van der Waals surface area contributed by atoms with Crippen LogP contribution >= 0.6 is 11.3 Å². The summed E-state index contributed by atoms with van der Waals surface area (Å²) in [4.78, 5) is 38.6. The van der Waals surface area contributed by atoms with E-state index in [0.717, 1.165) is 17.5 Å². The molecule has 1 amide bonds. The Morgan fingerprint density at radius 1 is 1.22 bits per heavy atom. The summed E-state index contributed by atoms with van der Waals surface area (Å²) in [5.41, 5.74) is 1.98. The Hall–Kier alpha value is -2.67. The van der Waals surface area contributed by atoms with Crippen molar-refractivity contribution in [3.05, 3.63) is 61.6 Å². The Bertz CT molecular complexity index is 1120. The van der Waals surface area contributed by atoms with Crippen LogP contribution in [0.1, 0.15) is 31.4 Å². The number of hydrogen-bond acceptors (Lipinski definition) is 4. The number of aromatic nitrogens is 2. The average molecular weight is 385 g/mol. The molecule has 0 aliphatic carbocycles. The number of fused-ring (bicyclic) bond motifs is 1.